The molecule has 3 aromatic heterocycles. The SMILES string of the molecule is Cc1nn(C)c(C)c1C(=O)N1CCC(c2ccc3cccnc3n2)CC1. The summed E-state index contributed by atoms with van der Waals surface area (Å²) < 4.78 is 1.78. The summed E-state index contributed by atoms with van der Waals surface area (Å²) in [5.41, 5.74) is 4.36. The van der Waals surface area contributed by atoms with E-state index < -0.39 is 0 Å². The van der Waals surface area contributed by atoms with Crippen molar-refractivity contribution in [1.29, 1.82) is 0 Å². The molecule has 0 spiro atoms. The van der Waals surface area contributed by atoms with Crippen LogP contribution in [0.25, 0.3) is 11.0 Å². The normalized spacial score (nSPS) is 15.6. The van der Waals surface area contributed by atoms with E-state index in [1.54, 1.807) is 10.9 Å². The molecule has 0 radical (unpaired) electrons. The molecule has 1 aliphatic rings. The van der Waals surface area contributed by atoms with Gasteiger partial charge in [0, 0.05) is 49.0 Å². The highest BCUT2D eigenvalue weighted by Crippen LogP contribution is 2.29. The fourth-order valence-corrected chi connectivity index (χ4v) is 3.81. The maximum atomic E-state index is 12.9. The number of fused-ring (bicyclic) bond motifs is 1. The predicted octanol–water partition coefficient (Wildman–Crippen LogP) is 3.00. The molecule has 0 aliphatic carbocycles. The molecule has 0 aromatic carbocycles. The van der Waals surface area contributed by atoms with Crippen LogP contribution in [0.3, 0.4) is 0 Å². The van der Waals surface area contributed by atoms with Crippen LogP contribution in [0.1, 0.15) is 46.2 Å². The van der Waals surface area contributed by atoms with Gasteiger partial charge in [-0.1, -0.05) is 0 Å². The zero-order valence-electron chi connectivity index (χ0n) is 15.4. The molecule has 1 fully saturated rings. The van der Waals surface area contributed by atoms with Crippen molar-refractivity contribution in [1.82, 2.24) is 24.6 Å². The smallest absolute Gasteiger partial charge is 0.257 e. The first-order chi connectivity index (χ1) is 12.5. The summed E-state index contributed by atoms with van der Waals surface area (Å²) in [5.74, 6) is 0.473. The third-order valence-corrected chi connectivity index (χ3v) is 5.41. The highest BCUT2D eigenvalue weighted by Gasteiger charge is 2.28. The van der Waals surface area contributed by atoms with Crippen LogP contribution in [0.2, 0.25) is 0 Å². The second-order valence-electron chi connectivity index (χ2n) is 7.02. The van der Waals surface area contributed by atoms with Gasteiger partial charge in [0.1, 0.15) is 0 Å². The monoisotopic (exact) mass is 349 g/mol. The second kappa shape index (κ2) is 6.52. The van der Waals surface area contributed by atoms with E-state index in [4.69, 9.17) is 4.98 Å². The molecule has 4 heterocycles. The molecule has 3 aromatic rings. The average molecular weight is 349 g/mol. The molecule has 0 saturated carbocycles. The number of piperidine rings is 1. The minimum absolute atomic E-state index is 0.0969. The summed E-state index contributed by atoms with van der Waals surface area (Å²) in [6, 6.07) is 8.14. The van der Waals surface area contributed by atoms with Crippen molar-refractivity contribution in [3.63, 3.8) is 0 Å². The molecule has 0 atom stereocenters. The lowest BCUT2D eigenvalue weighted by Crippen LogP contribution is -2.38. The van der Waals surface area contributed by atoms with E-state index in [1.807, 2.05) is 37.9 Å². The van der Waals surface area contributed by atoms with E-state index in [1.165, 1.54) is 0 Å². The second-order valence-corrected chi connectivity index (χ2v) is 7.02. The maximum Gasteiger partial charge on any atom is 0.257 e. The number of hydrogen-bond acceptors (Lipinski definition) is 4. The Morgan fingerprint density at radius 1 is 1.15 bits per heavy atom. The molecule has 0 N–H and O–H groups in total. The quantitative estimate of drug-likeness (QED) is 0.713. The predicted molar refractivity (Wildman–Crippen MR) is 100 cm³/mol. The molecular formula is C20H23N5O. The zero-order chi connectivity index (χ0) is 18.3. The number of rotatable bonds is 2. The number of carbonyl (C=O) groups is 1. The van der Waals surface area contributed by atoms with E-state index >= 15 is 0 Å². The lowest BCUT2D eigenvalue weighted by Gasteiger charge is -2.32. The molecule has 0 unspecified atom stereocenters. The molecule has 6 nitrogen and oxygen atoms in total. The van der Waals surface area contributed by atoms with Crippen LogP contribution in [0, 0.1) is 13.8 Å². The van der Waals surface area contributed by atoms with Gasteiger partial charge in [0.15, 0.2) is 5.65 Å². The lowest BCUT2D eigenvalue weighted by molar-refractivity contribution is 0.0710. The molecule has 1 saturated heterocycles. The number of pyridine rings is 2. The lowest BCUT2D eigenvalue weighted by atomic mass is 9.92. The van der Waals surface area contributed by atoms with Gasteiger partial charge in [0.2, 0.25) is 0 Å². The fraction of sp³-hybridized carbons (Fsp3) is 0.400. The van der Waals surface area contributed by atoms with Crippen LogP contribution in [0.15, 0.2) is 30.5 Å². The third kappa shape index (κ3) is 2.85. The number of carbonyl (C=O) groups excluding carboxylic acids is 1. The van der Waals surface area contributed by atoms with Crippen molar-refractivity contribution in [3.05, 3.63) is 53.1 Å². The topological polar surface area (TPSA) is 63.9 Å². The number of aryl methyl sites for hydroxylation is 2. The first-order valence-electron chi connectivity index (χ1n) is 9.05. The van der Waals surface area contributed by atoms with Crippen molar-refractivity contribution in [3.8, 4) is 0 Å². The summed E-state index contributed by atoms with van der Waals surface area (Å²) in [5, 5.41) is 5.43. The number of amides is 1. The summed E-state index contributed by atoms with van der Waals surface area (Å²) in [6.45, 7) is 5.35. The Hall–Kier alpha value is -2.76. The van der Waals surface area contributed by atoms with Crippen molar-refractivity contribution in [2.75, 3.05) is 13.1 Å². The highest BCUT2D eigenvalue weighted by atomic mass is 16.2. The molecule has 4 rings (SSSR count). The molecule has 26 heavy (non-hydrogen) atoms. The Morgan fingerprint density at radius 2 is 1.92 bits per heavy atom. The van der Waals surface area contributed by atoms with Crippen LogP contribution >= 0.6 is 0 Å². The summed E-state index contributed by atoms with van der Waals surface area (Å²) in [4.78, 5) is 24.0. The standard InChI is InChI=1S/C20H23N5O/c1-13-18(14(2)24(3)23-13)20(26)25-11-8-15(9-12-25)17-7-6-16-5-4-10-21-19(16)22-17/h4-7,10,15H,8-9,11-12H2,1-3H3. The van der Waals surface area contributed by atoms with Gasteiger partial charge < -0.3 is 4.90 Å². The van der Waals surface area contributed by atoms with Gasteiger partial charge in [-0.2, -0.15) is 5.10 Å². The van der Waals surface area contributed by atoms with E-state index in [2.05, 4.69) is 22.2 Å². The number of aromatic nitrogens is 4. The van der Waals surface area contributed by atoms with Crippen LogP contribution in [-0.2, 0) is 7.05 Å². The van der Waals surface area contributed by atoms with E-state index in [0.29, 0.717) is 5.92 Å². The molecular weight excluding hydrogens is 326 g/mol. The van der Waals surface area contributed by atoms with Gasteiger partial charge in [0.25, 0.3) is 5.91 Å². The minimum Gasteiger partial charge on any atom is -0.338 e. The highest BCUT2D eigenvalue weighted by molar-refractivity contribution is 5.96. The van der Waals surface area contributed by atoms with Crippen molar-refractivity contribution in [2.45, 2.75) is 32.6 Å². The van der Waals surface area contributed by atoms with Gasteiger partial charge in [-0.25, -0.2) is 9.97 Å². The molecule has 6 heteroatoms. The Balaban J connectivity index is 1.48. The Bertz CT molecular complexity index is 969. The van der Waals surface area contributed by atoms with Crippen LogP contribution in [0.5, 0.6) is 0 Å². The van der Waals surface area contributed by atoms with Crippen LogP contribution < -0.4 is 0 Å². The molecule has 0 bridgehead atoms. The minimum atomic E-state index is 0.0969. The fourth-order valence-electron chi connectivity index (χ4n) is 3.81. The Kier molecular flexibility index (Phi) is 4.18. The molecule has 1 amide bonds. The van der Waals surface area contributed by atoms with Crippen LogP contribution in [-0.4, -0.2) is 43.6 Å². The van der Waals surface area contributed by atoms with Gasteiger partial charge in [-0.15, -0.1) is 0 Å². The number of likely N-dealkylation sites (tertiary alicyclic amines) is 1. The summed E-state index contributed by atoms with van der Waals surface area (Å²) in [7, 11) is 1.88. The summed E-state index contributed by atoms with van der Waals surface area (Å²) in [6.07, 6.45) is 3.63. The zero-order valence-corrected chi connectivity index (χ0v) is 15.4. The van der Waals surface area contributed by atoms with E-state index in [9.17, 15) is 4.79 Å². The number of nitrogens with zero attached hydrogens (tertiary/aromatic N) is 5. The van der Waals surface area contributed by atoms with Crippen molar-refractivity contribution >= 4 is 16.9 Å². The summed E-state index contributed by atoms with van der Waals surface area (Å²) >= 11 is 0. The average Bonchev–Trinajstić information content (AvgIpc) is 2.92. The van der Waals surface area contributed by atoms with Gasteiger partial charge in [-0.05, 0) is 51.0 Å². The molecule has 134 valence electrons. The van der Waals surface area contributed by atoms with Gasteiger partial charge >= 0.3 is 0 Å². The van der Waals surface area contributed by atoms with Crippen molar-refractivity contribution < 1.29 is 4.79 Å². The maximum absolute atomic E-state index is 12.9. The largest absolute Gasteiger partial charge is 0.338 e. The van der Waals surface area contributed by atoms with Crippen LogP contribution in [0.4, 0.5) is 0 Å². The Morgan fingerprint density at radius 3 is 2.62 bits per heavy atom. The first kappa shape index (κ1) is 16.7. The Labute approximate surface area is 152 Å². The number of hydrogen-bond donors (Lipinski definition) is 0. The van der Waals surface area contributed by atoms with Crippen molar-refractivity contribution in [2.24, 2.45) is 7.05 Å². The first-order valence-corrected chi connectivity index (χ1v) is 9.05. The van der Waals surface area contributed by atoms with Gasteiger partial charge in [0.05, 0.1) is 11.3 Å². The molecule has 1 aliphatic heterocycles. The van der Waals surface area contributed by atoms with E-state index in [-0.39, 0.29) is 5.91 Å². The van der Waals surface area contributed by atoms with E-state index in [0.717, 1.165) is 59.6 Å². The third-order valence-electron chi connectivity index (χ3n) is 5.41. The van der Waals surface area contributed by atoms with Gasteiger partial charge in [-0.3, -0.25) is 9.48 Å².